The molecule has 0 aliphatic heterocycles. The van der Waals surface area contributed by atoms with Crippen molar-refractivity contribution < 1.29 is 0 Å². The van der Waals surface area contributed by atoms with Crippen LogP contribution in [0.1, 0.15) is 12.5 Å². The zero-order valence-corrected chi connectivity index (χ0v) is 9.20. The highest BCUT2D eigenvalue weighted by atomic mass is 35.5. The normalized spacial score (nSPS) is 10.3. The van der Waals surface area contributed by atoms with Crippen molar-refractivity contribution in [2.45, 2.75) is 13.3 Å². The van der Waals surface area contributed by atoms with E-state index in [1.165, 1.54) is 0 Å². The second-order valence-electron chi connectivity index (χ2n) is 3.21. The van der Waals surface area contributed by atoms with E-state index >= 15 is 0 Å². The zero-order valence-electron chi connectivity index (χ0n) is 8.44. The molecule has 0 fully saturated rings. The molecule has 0 unspecified atom stereocenters. The molecule has 1 aromatic carbocycles. The third kappa shape index (κ3) is 2.00. The van der Waals surface area contributed by atoms with Gasteiger partial charge >= 0.3 is 0 Å². The molecule has 2 rings (SSSR count). The van der Waals surface area contributed by atoms with Gasteiger partial charge in [0.25, 0.3) is 0 Å². The van der Waals surface area contributed by atoms with Gasteiger partial charge in [0.2, 0.25) is 0 Å². The van der Waals surface area contributed by atoms with Crippen molar-refractivity contribution in [3.05, 3.63) is 47.4 Å². The van der Waals surface area contributed by atoms with Gasteiger partial charge < -0.3 is 0 Å². The molecule has 0 amide bonds. The molecule has 0 radical (unpaired) electrons. The van der Waals surface area contributed by atoms with Crippen molar-refractivity contribution in [2.75, 3.05) is 0 Å². The Morgan fingerprint density at radius 1 is 1.27 bits per heavy atom. The summed E-state index contributed by atoms with van der Waals surface area (Å²) in [5.74, 6) is 0. The third-order valence-corrected chi connectivity index (χ3v) is 2.67. The first-order valence-corrected chi connectivity index (χ1v) is 5.24. The minimum atomic E-state index is 0.792. The monoisotopic (exact) mass is 218 g/mol. The van der Waals surface area contributed by atoms with Crippen molar-refractivity contribution in [1.82, 2.24) is 9.97 Å². The van der Waals surface area contributed by atoms with E-state index < -0.39 is 0 Å². The summed E-state index contributed by atoms with van der Waals surface area (Å²) < 4.78 is 0. The lowest BCUT2D eigenvalue weighted by Crippen LogP contribution is -1.91. The fourth-order valence-electron chi connectivity index (χ4n) is 1.60. The molecule has 76 valence electrons. The summed E-state index contributed by atoms with van der Waals surface area (Å²) in [4.78, 5) is 8.34. The Kier molecular flexibility index (Phi) is 2.97. The summed E-state index contributed by atoms with van der Waals surface area (Å²) in [5, 5.41) is 0.792. The lowest BCUT2D eigenvalue weighted by Gasteiger charge is -2.08. The van der Waals surface area contributed by atoms with Crippen LogP contribution in [0.15, 0.2) is 36.8 Å². The van der Waals surface area contributed by atoms with Crippen molar-refractivity contribution >= 4 is 11.6 Å². The number of halogens is 1. The number of rotatable bonds is 2. The summed E-state index contributed by atoms with van der Waals surface area (Å²) in [7, 11) is 0. The van der Waals surface area contributed by atoms with Gasteiger partial charge in [-0.1, -0.05) is 30.7 Å². The van der Waals surface area contributed by atoms with Gasteiger partial charge in [0.05, 0.1) is 11.9 Å². The van der Waals surface area contributed by atoms with Crippen LogP contribution in [0.25, 0.3) is 11.3 Å². The summed E-state index contributed by atoms with van der Waals surface area (Å²) in [6.45, 7) is 2.08. The maximum Gasteiger partial charge on any atom is 0.0888 e. The Morgan fingerprint density at radius 3 is 2.80 bits per heavy atom. The highest BCUT2D eigenvalue weighted by molar-refractivity contribution is 6.31. The van der Waals surface area contributed by atoms with Gasteiger partial charge in [0, 0.05) is 23.0 Å². The molecule has 1 aromatic heterocycles. The van der Waals surface area contributed by atoms with Gasteiger partial charge in [-0.3, -0.25) is 9.97 Å². The molecule has 0 atom stereocenters. The van der Waals surface area contributed by atoms with Crippen LogP contribution in [0.3, 0.4) is 0 Å². The van der Waals surface area contributed by atoms with Crippen LogP contribution in [-0.4, -0.2) is 9.97 Å². The Hall–Kier alpha value is -1.41. The van der Waals surface area contributed by atoms with Crippen LogP contribution in [0.5, 0.6) is 0 Å². The van der Waals surface area contributed by atoms with Crippen LogP contribution < -0.4 is 0 Å². The molecule has 2 nitrogen and oxygen atoms in total. The average Bonchev–Trinajstić information content (AvgIpc) is 2.30. The van der Waals surface area contributed by atoms with Crippen LogP contribution in [0.4, 0.5) is 0 Å². The molecule has 0 spiro atoms. The highest BCUT2D eigenvalue weighted by Gasteiger charge is 2.07. The van der Waals surface area contributed by atoms with Gasteiger partial charge in [-0.05, 0) is 18.1 Å². The van der Waals surface area contributed by atoms with E-state index in [1.54, 1.807) is 18.6 Å². The summed E-state index contributed by atoms with van der Waals surface area (Å²) >= 11 is 6.13. The number of benzene rings is 1. The Bertz CT molecular complexity index is 454. The van der Waals surface area contributed by atoms with Crippen molar-refractivity contribution in [1.29, 1.82) is 0 Å². The lowest BCUT2D eigenvalue weighted by atomic mass is 10.0. The molecular formula is C12H11ClN2. The number of aromatic nitrogens is 2. The second-order valence-corrected chi connectivity index (χ2v) is 3.62. The van der Waals surface area contributed by atoms with Crippen LogP contribution in [-0.2, 0) is 6.42 Å². The average molecular weight is 219 g/mol. The Labute approximate surface area is 94.0 Å². The van der Waals surface area contributed by atoms with Crippen molar-refractivity contribution in [3.8, 4) is 11.3 Å². The molecule has 0 N–H and O–H groups in total. The minimum absolute atomic E-state index is 0.792. The van der Waals surface area contributed by atoms with Crippen LogP contribution in [0.2, 0.25) is 5.02 Å². The maximum absolute atomic E-state index is 6.13. The Morgan fingerprint density at radius 2 is 2.13 bits per heavy atom. The largest absolute Gasteiger partial charge is 0.261 e. The molecule has 3 heteroatoms. The van der Waals surface area contributed by atoms with Gasteiger partial charge in [0.15, 0.2) is 0 Å². The topological polar surface area (TPSA) is 25.8 Å². The van der Waals surface area contributed by atoms with E-state index in [9.17, 15) is 0 Å². The lowest BCUT2D eigenvalue weighted by molar-refractivity contribution is 1.12. The smallest absolute Gasteiger partial charge is 0.0888 e. The van der Waals surface area contributed by atoms with E-state index in [4.69, 9.17) is 11.6 Å². The first-order chi connectivity index (χ1) is 7.33. The molecule has 0 bridgehead atoms. The van der Waals surface area contributed by atoms with Crippen molar-refractivity contribution in [2.24, 2.45) is 0 Å². The van der Waals surface area contributed by atoms with E-state index in [2.05, 4.69) is 16.9 Å². The van der Waals surface area contributed by atoms with Gasteiger partial charge in [0.1, 0.15) is 0 Å². The molecule has 0 saturated heterocycles. The van der Waals surface area contributed by atoms with Crippen molar-refractivity contribution in [3.63, 3.8) is 0 Å². The zero-order chi connectivity index (χ0) is 10.7. The number of hydrogen-bond acceptors (Lipinski definition) is 2. The first-order valence-electron chi connectivity index (χ1n) is 4.86. The predicted molar refractivity (Wildman–Crippen MR) is 61.9 cm³/mol. The van der Waals surface area contributed by atoms with Gasteiger partial charge in [-0.25, -0.2) is 0 Å². The SMILES string of the molecule is CCc1c(Cl)cccc1-c1cnccn1. The molecule has 0 aliphatic carbocycles. The molecule has 2 aromatic rings. The fraction of sp³-hybridized carbons (Fsp3) is 0.167. The summed E-state index contributed by atoms with van der Waals surface area (Å²) in [5.41, 5.74) is 3.06. The van der Waals surface area contributed by atoms with E-state index in [0.29, 0.717) is 0 Å². The fourth-order valence-corrected chi connectivity index (χ4v) is 1.90. The molecule has 0 saturated carbocycles. The Balaban J connectivity index is 2.58. The minimum Gasteiger partial charge on any atom is -0.261 e. The van der Waals surface area contributed by atoms with Gasteiger partial charge in [-0.2, -0.15) is 0 Å². The number of hydrogen-bond donors (Lipinski definition) is 0. The molecule has 0 aliphatic rings. The number of nitrogens with zero attached hydrogens (tertiary/aromatic N) is 2. The molecule has 1 heterocycles. The van der Waals surface area contributed by atoms with E-state index in [0.717, 1.165) is 28.3 Å². The summed E-state index contributed by atoms with van der Waals surface area (Å²) in [6.07, 6.45) is 6.01. The molecule has 15 heavy (non-hydrogen) atoms. The first kappa shape index (κ1) is 10.1. The molecular weight excluding hydrogens is 208 g/mol. The van der Waals surface area contributed by atoms with Crippen LogP contribution >= 0.6 is 11.6 Å². The predicted octanol–water partition coefficient (Wildman–Crippen LogP) is 3.36. The van der Waals surface area contributed by atoms with Gasteiger partial charge in [-0.15, -0.1) is 0 Å². The highest BCUT2D eigenvalue weighted by Crippen LogP contribution is 2.27. The standard InChI is InChI=1S/C12H11ClN2/c1-2-9-10(4-3-5-11(9)13)12-8-14-6-7-15-12/h3-8H,2H2,1H3. The second kappa shape index (κ2) is 4.41. The van der Waals surface area contributed by atoms with Crippen LogP contribution in [0, 0.1) is 0 Å². The van der Waals surface area contributed by atoms with E-state index in [1.807, 2.05) is 18.2 Å². The maximum atomic E-state index is 6.13. The third-order valence-electron chi connectivity index (χ3n) is 2.31. The summed E-state index contributed by atoms with van der Waals surface area (Å²) in [6, 6.07) is 5.86. The quantitative estimate of drug-likeness (QED) is 0.773. The van der Waals surface area contributed by atoms with E-state index in [-0.39, 0.29) is 0 Å².